The van der Waals surface area contributed by atoms with Gasteiger partial charge in [-0.15, -0.1) is 11.8 Å². The second-order valence-corrected chi connectivity index (χ2v) is 5.59. The van der Waals surface area contributed by atoms with E-state index in [2.05, 4.69) is 10.6 Å². The number of hydrogen-bond acceptors (Lipinski definition) is 5. The van der Waals surface area contributed by atoms with Gasteiger partial charge in [0.25, 0.3) is 0 Å². The standard InChI is InChI=1S/C15H16N2O5S/c1-2-22-14(20)10-7-16-15(21)17-11(10)8-23-12-6-4-3-5-9(12)13(18)19/h3-6H,2,7-8H2,1H3,(H,18,19)(H2,16,17,21). The Bertz CT molecular complexity index is 672. The van der Waals surface area contributed by atoms with Crippen LogP contribution in [-0.4, -0.2) is 42.0 Å². The molecule has 1 heterocycles. The largest absolute Gasteiger partial charge is 0.478 e. The lowest BCUT2D eigenvalue weighted by Crippen LogP contribution is -2.44. The fourth-order valence-electron chi connectivity index (χ4n) is 1.99. The highest BCUT2D eigenvalue weighted by molar-refractivity contribution is 7.99. The highest BCUT2D eigenvalue weighted by Gasteiger charge is 2.24. The SMILES string of the molecule is CCOC(=O)C1=C(CSc2ccccc2C(=O)O)NC(=O)NC1. The van der Waals surface area contributed by atoms with E-state index in [4.69, 9.17) is 4.74 Å². The Balaban J connectivity index is 2.20. The first-order valence-electron chi connectivity index (χ1n) is 6.92. The van der Waals surface area contributed by atoms with Gasteiger partial charge in [0.15, 0.2) is 0 Å². The summed E-state index contributed by atoms with van der Waals surface area (Å²) < 4.78 is 4.97. The molecule has 122 valence electrons. The summed E-state index contributed by atoms with van der Waals surface area (Å²) in [6.45, 7) is 2.02. The number of urea groups is 1. The molecular formula is C15H16N2O5S. The van der Waals surface area contributed by atoms with Gasteiger partial charge in [-0.05, 0) is 19.1 Å². The normalized spacial score (nSPS) is 14.0. The van der Waals surface area contributed by atoms with Crippen molar-refractivity contribution in [3.8, 4) is 0 Å². The topological polar surface area (TPSA) is 105 Å². The van der Waals surface area contributed by atoms with E-state index < -0.39 is 18.0 Å². The number of amides is 2. The molecule has 7 nitrogen and oxygen atoms in total. The van der Waals surface area contributed by atoms with E-state index in [9.17, 15) is 19.5 Å². The van der Waals surface area contributed by atoms with Crippen molar-refractivity contribution in [2.75, 3.05) is 18.9 Å². The van der Waals surface area contributed by atoms with Gasteiger partial charge in [-0.1, -0.05) is 12.1 Å². The molecule has 0 saturated carbocycles. The second kappa shape index (κ2) is 7.68. The number of carbonyl (C=O) groups is 3. The van der Waals surface area contributed by atoms with Crippen LogP contribution >= 0.6 is 11.8 Å². The summed E-state index contributed by atoms with van der Waals surface area (Å²) in [5.74, 6) is -1.27. The van der Waals surface area contributed by atoms with Gasteiger partial charge < -0.3 is 20.5 Å². The van der Waals surface area contributed by atoms with E-state index in [1.54, 1.807) is 25.1 Å². The van der Waals surface area contributed by atoms with Crippen LogP contribution in [0.5, 0.6) is 0 Å². The maximum Gasteiger partial charge on any atom is 0.337 e. The zero-order valence-electron chi connectivity index (χ0n) is 12.4. The fourth-order valence-corrected chi connectivity index (χ4v) is 3.02. The third kappa shape index (κ3) is 4.26. The van der Waals surface area contributed by atoms with Crippen molar-refractivity contribution < 1.29 is 24.2 Å². The predicted octanol–water partition coefficient (Wildman–Crippen LogP) is 1.61. The first-order chi connectivity index (χ1) is 11.0. The molecule has 0 spiro atoms. The lowest BCUT2D eigenvalue weighted by molar-refractivity contribution is -0.138. The van der Waals surface area contributed by atoms with Crippen molar-refractivity contribution >= 4 is 29.7 Å². The van der Waals surface area contributed by atoms with Crippen LogP contribution in [0, 0.1) is 0 Å². The highest BCUT2D eigenvalue weighted by Crippen LogP contribution is 2.25. The molecule has 3 N–H and O–H groups in total. The second-order valence-electron chi connectivity index (χ2n) is 4.58. The Hall–Kier alpha value is -2.48. The van der Waals surface area contributed by atoms with Crippen LogP contribution < -0.4 is 10.6 Å². The number of carboxylic acids is 1. The minimum absolute atomic E-state index is 0.0845. The Labute approximate surface area is 137 Å². The van der Waals surface area contributed by atoms with E-state index in [1.165, 1.54) is 17.8 Å². The molecule has 23 heavy (non-hydrogen) atoms. The Morgan fingerprint density at radius 3 is 2.78 bits per heavy atom. The number of nitrogens with one attached hydrogen (secondary N) is 2. The molecule has 2 rings (SSSR count). The summed E-state index contributed by atoms with van der Waals surface area (Å²) in [4.78, 5) is 35.2. The van der Waals surface area contributed by atoms with Gasteiger partial charge in [-0.2, -0.15) is 0 Å². The molecule has 0 aliphatic carbocycles. The fraction of sp³-hybridized carbons (Fsp3) is 0.267. The summed E-state index contributed by atoms with van der Waals surface area (Å²) in [7, 11) is 0. The molecule has 1 aromatic rings. The number of benzene rings is 1. The zero-order chi connectivity index (χ0) is 16.8. The van der Waals surface area contributed by atoms with E-state index in [-0.39, 0.29) is 24.5 Å². The van der Waals surface area contributed by atoms with Crippen LogP contribution in [0.1, 0.15) is 17.3 Å². The number of rotatable bonds is 6. The highest BCUT2D eigenvalue weighted by atomic mass is 32.2. The van der Waals surface area contributed by atoms with Crippen LogP contribution in [0.4, 0.5) is 4.79 Å². The maximum atomic E-state index is 11.9. The number of thioether (sulfide) groups is 1. The van der Waals surface area contributed by atoms with Crippen molar-refractivity contribution in [2.24, 2.45) is 0 Å². The number of carbonyl (C=O) groups excluding carboxylic acids is 2. The van der Waals surface area contributed by atoms with E-state index in [1.807, 2.05) is 0 Å². The van der Waals surface area contributed by atoms with Crippen molar-refractivity contribution in [2.45, 2.75) is 11.8 Å². The van der Waals surface area contributed by atoms with Crippen molar-refractivity contribution in [3.05, 3.63) is 41.1 Å². The average Bonchev–Trinajstić information content (AvgIpc) is 2.53. The molecule has 2 amide bonds. The molecule has 0 bridgehead atoms. The predicted molar refractivity (Wildman–Crippen MR) is 84.3 cm³/mol. The average molecular weight is 336 g/mol. The summed E-state index contributed by atoms with van der Waals surface area (Å²) in [6, 6.07) is 6.16. The van der Waals surface area contributed by atoms with E-state index in [0.29, 0.717) is 16.2 Å². The first-order valence-corrected chi connectivity index (χ1v) is 7.90. The molecular weight excluding hydrogens is 320 g/mol. The monoisotopic (exact) mass is 336 g/mol. The smallest absolute Gasteiger partial charge is 0.337 e. The van der Waals surface area contributed by atoms with Gasteiger partial charge in [-0.25, -0.2) is 14.4 Å². The van der Waals surface area contributed by atoms with Crippen LogP contribution in [0.15, 0.2) is 40.4 Å². The van der Waals surface area contributed by atoms with Gasteiger partial charge >= 0.3 is 18.0 Å². The minimum Gasteiger partial charge on any atom is -0.478 e. The number of ether oxygens (including phenoxy) is 1. The van der Waals surface area contributed by atoms with Crippen molar-refractivity contribution in [3.63, 3.8) is 0 Å². The number of aromatic carboxylic acids is 1. The van der Waals surface area contributed by atoms with E-state index in [0.717, 1.165) is 0 Å². The van der Waals surface area contributed by atoms with Gasteiger partial charge in [0, 0.05) is 16.3 Å². The number of hydrogen-bond donors (Lipinski definition) is 3. The van der Waals surface area contributed by atoms with Crippen molar-refractivity contribution in [1.29, 1.82) is 0 Å². The molecule has 0 aromatic heterocycles. The molecule has 0 radical (unpaired) electrons. The Morgan fingerprint density at radius 2 is 2.09 bits per heavy atom. The van der Waals surface area contributed by atoms with Crippen LogP contribution in [-0.2, 0) is 9.53 Å². The van der Waals surface area contributed by atoms with Gasteiger partial charge in [0.1, 0.15) is 0 Å². The summed E-state index contributed by atoms with van der Waals surface area (Å²) in [6.07, 6.45) is 0. The minimum atomic E-state index is -1.03. The molecule has 8 heteroatoms. The summed E-state index contributed by atoms with van der Waals surface area (Å²) in [5, 5.41) is 14.3. The van der Waals surface area contributed by atoms with Crippen LogP contribution in [0.3, 0.4) is 0 Å². The molecule has 1 aromatic carbocycles. The van der Waals surface area contributed by atoms with Gasteiger partial charge in [0.2, 0.25) is 0 Å². The number of carboxylic acid groups (broad SMARTS) is 1. The molecule has 0 atom stereocenters. The summed E-state index contributed by atoms with van der Waals surface area (Å²) >= 11 is 1.23. The van der Waals surface area contributed by atoms with Gasteiger partial charge in [-0.3, -0.25) is 0 Å². The molecule has 1 aliphatic heterocycles. The molecule has 0 unspecified atom stereocenters. The van der Waals surface area contributed by atoms with Gasteiger partial charge in [0.05, 0.1) is 24.3 Å². The lowest BCUT2D eigenvalue weighted by atomic mass is 10.2. The summed E-state index contributed by atoms with van der Waals surface area (Å²) in [5.41, 5.74) is 0.945. The zero-order valence-corrected chi connectivity index (χ0v) is 13.2. The van der Waals surface area contributed by atoms with Crippen LogP contribution in [0.25, 0.3) is 0 Å². The van der Waals surface area contributed by atoms with E-state index >= 15 is 0 Å². The van der Waals surface area contributed by atoms with Crippen LogP contribution in [0.2, 0.25) is 0 Å². The molecule has 0 saturated heterocycles. The molecule has 0 fully saturated rings. The number of esters is 1. The quantitative estimate of drug-likeness (QED) is 0.538. The first kappa shape index (κ1) is 16.9. The Kier molecular flexibility index (Phi) is 5.64. The Morgan fingerprint density at radius 1 is 1.35 bits per heavy atom. The lowest BCUT2D eigenvalue weighted by Gasteiger charge is -2.21. The van der Waals surface area contributed by atoms with Crippen molar-refractivity contribution in [1.82, 2.24) is 10.6 Å². The third-order valence-electron chi connectivity index (χ3n) is 3.07. The molecule has 1 aliphatic rings. The third-order valence-corrected chi connectivity index (χ3v) is 4.17. The maximum absolute atomic E-state index is 11.9.